The zero-order chi connectivity index (χ0) is 17.4. The Kier molecular flexibility index (Phi) is 7.73. The lowest BCUT2D eigenvalue weighted by Crippen LogP contribution is -2.34. The predicted octanol–water partition coefficient (Wildman–Crippen LogP) is 3.25. The summed E-state index contributed by atoms with van der Waals surface area (Å²) in [6.07, 6.45) is 5.04. The molecule has 1 amide bonds. The third kappa shape index (κ3) is 6.62. The Labute approximate surface area is 145 Å². The molecule has 4 unspecified atom stereocenters. The van der Waals surface area contributed by atoms with Gasteiger partial charge in [-0.1, -0.05) is 50.1 Å². The molecule has 2 N–H and O–H groups in total. The number of amides is 1. The fourth-order valence-electron chi connectivity index (χ4n) is 3.49. The van der Waals surface area contributed by atoms with Crippen LogP contribution in [0, 0.1) is 5.92 Å². The third-order valence-corrected chi connectivity index (χ3v) is 4.78. The van der Waals surface area contributed by atoms with Crippen molar-refractivity contribution in [1.29, 1.82) is 0 Å². The molecular weight excluding hydrogens is 302 g/mol. The summed E-state index contributed by atoms with van der Waals surface area (Å²) in [5, 5.41) is 12.7. The van der Waals surface area contributed by atoms with E-state index in [0.29, 0.717) is 18.9 Å². The molecule has 0 radical (unpaired) electrons. The summed E-state index contributed by atoms with van der Waals surface area (Å²) in [4.78, 5) is 12.1. The van der Waals surface area contributed by atoms with E-state index in [-0.39, 0.29) is 24.5 Å². The van der Waals surface area contributed by atoms with Crippen molar-refractivity contribution in [2.75, 3.05) is 13.2 Å². The Hall–Kier alpha value is -1.39. The van der Waals surface area contributed by atoms with Crippen LogP contribution in [0.5, 0.6) is 0 Å². The van der Waals surface area contributed by atoms with Crippen LogP contribution in [-0.2, 0) is 9.53 Å². The lowest BCUT2D eigenvalue weighted by molar-refractivity contribution is -0.128. The van der Waals surface area contributed by atoms with Gasteiger partial charge in [0.1, 0.15) is 6.61 Å². The van der Waals surface area contributed by atoms with Gasteiger partial charge in [0.2, 0.25) is 5.91 Å². The maximum Gasteiger partial charge on any atom is 0.246 e. The molecule has 0 heterocycles. The zero-order valence-electron chi connectivity index (χ0n) is 14.9. The van der Waals surface area contributed by atoms with E-state index in [1.54, 1.807) is 6.92 Å². The summed E-state index contributed by atoms with van der Waals surface area (Å²) >= 11 is 0. The summed E-state index contributed by atoms with van der Waals surface area (Å²) in [5.41, 5.74) is 1.14. The van der Waals surface area contributed by atoms with Crippen LogP contribution < -0.4 is 5.32 Å². The molecule has 4 heteroatoms. The standard InChI is InChI=1S/C20H31NO3/c1-15-7-6-10-19(11-15)24-14-20(23)21-13-18(12-16(2)22)17-8-4-3-5-9-17/h3-5,8-9,15-16,18-19,22H,6-7,10-14H2,1-2H3,(H,21,23). The van der Waals surface area contributed by atoms with E-state index in [1.807, 2.05) is 30.3 Å². The summed E-state index contributed by atoms with van der Waals surface area (Å²) in [5.74, 6) is 0.741. The number of rotatable bonds is 8. The number of carbonyl (C=O) groups excluding carboxylic acids is 1. The van der Waals surface area contributed by atoms with E-state index in [4.69, 9.17) is 4.74 Å². The topological polar surface area (TPSA) is 58.6 Å². The first-order valence-corrected chi connectivity index (χ1v) is 9.16. The molecule has 0 spiro atoms. The van der Waals surface area contributed by atoms with Gasteiger partial charge in [0.25, 0.3) is 0 Å². The van der Waals surface area contributed by atoms with Gasteiger partial charge in [-0.25, -0.2) is 0 Å². The number of hydrogen-bond acceptors (Lipinski definition) is 3. The maximum absolute atomic E-state index is 12.1. The second-order valence-electron chi connectivity index (χ2n) is 7.20. The average Bonchev–Trinajstić information content (AvgIpc) is 2.57. The Morgan fingerprint density at radius 1 is 1.33 bits per heavy atom. The van der Waals surface area contributed by atoms with E-state index < -0.39 is 6.10 Å². The molecule has 1 fully saturated rings. The molecule has 0 bridgehead atoms. The smallest absolute Gasteiger partial charge is 0.246 e. The van der Waals surface area contributed by atoms with Crippen molar-refractivity contribution in [3.8, 4) is 0 Å². The SMILES string of the molecule is CC(O)CC(CNC(=O)COC1CCCC(C)C1)c1ccccc1. The van der Waals surface area contributed by atoms with Crippen molar-refractivity contribution in [2.24, 2.45) is 5.92 Å². The van der Waals surface area contributed by atoms with Gasteiger partial charge in [-0.3, -0.25) is 4.79 Å². The molecule has 1 aromatic carbocycles. The van der Waals surface area contributed by atoms with Crippen molar-refractivity contribution < 1.29 is 14.6 Å². The fraction of sp³-hybridized carbons (Fsp3) is 0.650. The zero-order valence-corrected chi connectivity index (χ0v) is 14.9. The Morgan fingerprint density at radius 2 is 2.08 bits per heavy atom. The molecule has 1 aliphatic rings. The van der Waals surface area contributed by atoms with Crippen LogP contribution in [0.4, 0.5) is 0 Å². The number of aliphatic hydroxyl groups excluding tert-OH is 1. The van der Waals surface area contributed by atoms with Gasteiger partial charge >= 0.3 is 0 Å². The largest absolute Gasteiger partial charge is 0.393 e. The molecule has 0 aliphatic heterocycles. The van der Waals surface area contributed by atoms with Crippen molar-refractivity contribution in [1.82, 2.24) is 5.32 Å². The van der Waals surface area contributed by atoms with E-state index in [1.165, 1.54) is 12.8 Å². The summed E-state index contributed by atoms with van der Waals surface area (Å²) in [7, 11) is 0. The normalized spacial score (nSPS) is 23.5. The Balaban J connectivity index is 1.77. The van der Waals surface area contributed by atoms with E-state index in [2.05, 4.69) is 12.2 Å². The van der Waals surface area contributed by atoms with Crippen molar-refractivity contribution >= 4 is 5.91 Å². The molecule has 1 aromatic rings. The Morgan fingerprint density at radius 3 is 2.75 bits per heavy atom. The van der Waals surface area contributed by atoms with Gasteiger partial charge in [-0.05, 0) is 37.7 Å². The minimum atomic E-state index is -0.396. The highest BCUT2D eigenvalue weighted by Crippen LogP contribution is 2.25. The lowest BCUT2D eigenvalue weighted by atomic mass is 9.89. The fourth-order valence-corrected chi connectivity index (χ4v) is 3.49. The van der Waals surface area contributed by atoms with Crippen LogP contribution in [0.25, 0.3) is 0 Å². The molecular formula is C20H31NO3. The van der Waals surface area contributed by atoms with Crippen molar-refractivity contribution in [3.63, 3.8) is 0 Å². The van der Waals surface area contributed by atoms with Gasteiger partial charge in [0.05, 0.1) is 12.2 Å². The van der Waals surface area contributed by atoms with E-state index in [9.17, 15) is 9.90 Å². The van der Waals surface area contributed by atoms with Crippen LogP contribution in [-0.4, -0.2) is 36.4 Å². The minimum Gasteiger partial charge on any atom is -0.393 e. The molecule has 1 aliphatic carbocycles. The summed E-state index contributed by atoms with van der Waals surface area (Å²) < 4.78 is 5.77. The van der Waals surface area contributed by atoms with Crippen LogP contribution in [0.3, 0.4) is 0 Å². The van der Waals surface area contributed by atoms with Gasteiger partial charge in [-0.2, -0.15) is 0 Å². The van der Waals surface area contributed by atoms with Crippen molar-refractivity contribution in [3.05, 3.63) is 35.9 Å². The molecule has 0 saturated heterocycles. The first-order valence-electron chi connectivity index (χ1n) is 9.16. The first kappa shape index (κ1) is 18.9. The van der Waals surface area contributed by atoms with Crippen LogP contribution in [0.1, 0.15) is 57.4 Å². The van der Waals surface area contributed by atoms with Crippen LogP contribution in [0.2, 0.25) is 0 Å². The van der Waals surface area contributed by atoms with E-state index >= 15 is 0 Å². The van der Waals surface area contributed by atoms with Crippen molar-refractivity contribution in [2.45, 2.75) is 64.1 Å². The molecule has 1 saturated carbocycles. The second-order valence-corrected chi connectivity index (χ2v) is 7.20. The number of carbonyl (C=O) groups is 1. The highest BCUT2D eigenvalue weighted by molar-refractivity contribution is 5.77. The van der Waals surface area contributed by atoms with Gasteiger partial charge in [0, 0.05) is 12.5 Å². The highest BCUT2D eigenvalue weighted by Gasteiger charge is 2.20. The number of hydrogen-bond donors (Lipinski definition) is 2. The third-order valence-electron chi connectivity index (χ3n) is 4.78. The van der Waals surface area contributed by atoms with Gasteiger partial charge < -0.3 is 15.2 Å². The van der Waals surface area contributed by atoms with Crippen LogP contribution >= 0.6 is 0 Å². The van der Waals surface area contributed by atoms with Gasteiger partial charge in [-0.15, -0.1) is 0 Å². The predicted molar refractivity (Wildman–Crippen MR) is 95.9 cm³/mol. The maximum atomic E-state index is 12.1. The number of nitrogens with one attached hydrogen (secondary N) is 1. The quantitative estimate of drug-likeness (QED) is 0.768. The number of benzene rings is 1. The molecule has 4 atom stereocenters. The van der Waals surface area contributed by atoms with Gasteiger partial charge in [0.15, 0.2) is 0 Å². The highest BCUT2D eigenvalue weighted by atomic mass is 16.5. The number of aliphatic hydroxyl groups is 1. The van der Waals surface area contributed by atoms with Crippen LogP contribution in [0.15, 0.2) is 30.3 Å². The van der Waals surface area contributed by atoms with E-state index in [0.717, 1.165) is 18.4 Å². The summed E-state index contributed by atoms with van der Waals surface area (Å²) in [6, 6.07) is 10.0. The first-order chi connectivity index (χ1) is 11.5. The second kappa shape index (κ2) is 9.80. The molecule has 4 nitrogen and oxygen atoms in total. The Bertz CT molecular complexity index is 489. The lowest BCUT2D eigenvalue weighted by Gasteiger charge is -2.26. The molecule has 134 valence electrons. The molecule has 24 heavy (non-hydrogen) atoms. The average molecular weight is 333 g/mol. The monoisotopic (exact) mass is 333 g/mol. The molecule has 0 aromatic heterocycles. The number of ether oxygens (including phenoxy) is 1. The summed E-state index contributed by atoms with van der Waals surface area (Å²) in [6.45, 7) is 4.69. The molecule has 2 rings (SSSR count). The minimum absolute atomic E-state index is 0.0697.